The van der Waals surface area contributed by atoms with Crippen molar-refractivity contribution in [3.63, 3.8) is 0 Å². The molecule has 0 saturated carbocycles. The summed E-state index contributed by atoms with van der Waals surface area (Å²) >= 11 is 0. The van der Waals surface area contributed by atoms with Gasteiger partial charge in [0.2, 0.25) is 0 Å². The lowest BCUT2D eigenvalue weighted by atomic mass is 10.2. The van der Waals surface area contributed by atoms with Crippen molar-refractivity contribution in [1.29, 1.82) is 0 Å². The molecule has 0 spiro atoms. The van der Waals surface area contributed by atoms with E-state index in [0.29, 0.717) is 25.3 Å². The van der Waals surface area contributed by atoms with Crippen molar-refractivity contribution >= 4 is 17.3 Å². The highest BCUT2D eigenvalue weighted by molar-refractivity contribution is 5.70. The lowest BCUT2D eigenvalue weighted by Crippen LogP contribution is -2.11. The molecule has 0 aliphatic carbocycles. The summed E-state index contributed by atoms with van der Waals surface area (Å²) in [6, 6.07) is 5.66. The number of nitrogens with two attached hydrogens (primary N) is 1. The first kappa shape index (κ1) is 12.4. The summed E-state index contributed by atoms with van der Waals surface area (Å²) in [7, 11) is 0. The molecule has 0 radical (unpaired) electrons. The zero-order chi connectivity index (χ0) is 12.0. The molecule has 0 fully saturated rings. The first-order valence-corrected chi connectivity index (χ1v) is 5.39. The number of rotatable bonds is 5. The first-order valence-electron chi connectivity index (χ1n) is 5.39. The molecule has 16 heavy (non-hydrogen) atoms. The predicted octanol–water partition coefficient (Wildman–Crippen LogP) is 1.94. The molecule has 3 N–H and O–H groups in total. The second-order valence-corrected chi connectivity index (χ2v) is 3.56. The van der Waals surface area contributed by atoms with Gasteiger partial charge in [-0.25, -0.2) is 0 Å². The maximum atomic E-state index is 11.1. The molecule has 0 heterocycles. The Hall–Kier alpha value is -1.71. The minimum atomic E-state index is -0.184. The highest BCUT2D eigenvalue weighted by Gasteiger charge is 2.02. The molecule has 1 rings (SSSR count). The van der Waals surface area contributed by atoms with Crippen LogP contribution in [0.25, 0.3) is 0 Å². The normalized spacial score (nSPS) is 9.88. The quantitative estimate of drug-likeness (QED) is 0.590. The molecule has 88 valence electrons. The first-order chi connectivity index (χ1) is 7.63. The topological polar surface area (TPSA) is 64.3 Å². The number of carbonyl (C=O) groups excluding carboxylic acids is 1. The minimum Gasteiger partial charge on any atom is -0.466 e. The number of benzene rings is 1. The molecule has 0 aliphatic heterocycles. The van der Waals surface area contributed by atoms with Gasteiger partial charge >= 0.3 is 5.97 Å². The summed E-state index contributed by atoms with van der Waals surface area (Å²) in [6.07, 6.45) is 0.363. The molecule has 0 aliphatic rings. The number of nitrogens with one attached hydrogen (secondary N) is 1. The molecule has 1 aromatic rings. The zero-order valence-electron chi connectivity index (χ0n) is 9.75. The number of hydrogen-bond donors (Lipinski definition) is 2. The Labute approximate surface area is 95.8 Å². The largest absolute Gasteiger partial charge is 0.466 e. The van der Waals surface area contributed by atoms with Crippen LogP contribution in [0.1, 0.15) is 18.9 Å². The van der Waals surface area contributed by atoms with Crippen LogP contribution in [0.5, 0.6) is 0 Å². The van der Waals surface area contributed by atoms with E-state index in [1.165, 1.54) is 0 Å². The molecule has 4 nitrogen and oxygen atoms in total. The Bertz CT molecular complexity index is 364. The molecule has 0 unspecified atom stereocenters. The second kappa shape index (κ2) is 6.00. The van der Waals surface area contributed by atoms with Crippen LogP contribution in [-0.2, 0) is 9.53 Å². The number of nitrogen functional groups attached to an aromatic ring is 1. The second-order valence-electron chi connectivity index (χ2n) is 3.56. The summed E-state index contributed by atoms with van der Waals surface area (Å²) in [5.74, 6) is -0.184. The van der Waals surface area contributed by atoms with Crippen LogP contribution < -0.4 is 11.1 Å². The summed E-state index contributed by atoms with van der Waals surface area (Å²) in [5.41, 5.74) is 8.46. The number of ether oxygens (including phenoxy) is 1. The third-order valence-electron chi connectivity index (χ3n) is 2.21. The highest BCUT2D eigenvalue weighted by atomic mass is 16.5. The monoisotopic (exact) mass is 222 g/mol. The van der Waals surface area contributed by atoms with E-state index in [0.717, 1.165) is 11.3 Å². The van der Waals surface area contributed by atoms with E-state index in [-0.39, 0.29) is 5.97 Å². The van der Waals surface area contributed by atoms with Gasteiger partial charge in [-0.05, 0) is 31.5 Å². The predicted molar refractivity (Wildman–Crippen MR) is 65.3 cm³/mol. The van der Waals surface area contributed by atoms with E-state index < -0.39 is 0 Å². The third kappa shape index (κ3) is 3.81. The van der Waals surface area contributed by atoms with E-state index in [2.05, 4.69) is 5.32 Å². The maximum Gasteiger partial charge on any atom is 0.307 e. The molecule has 0 aromatic heterocycles. The van der Waals surface area contributed by atoms with Gasteiger partial charge in [0.15, 0.2) is 0 Å². The van der Waals surface area contributed by atoms with Crippen molar-refractivity contribution in [2.24, 2.45) is 0 Å². The van der Waals surface area contributed by atoms with Gasteiger partial charge < -0.3 is 15.8 Å². The fraction of sp³-hybridized carbons (Fsp3) is 0.417. The number of esters is 1. The van der Waals surface area contributed by atoms with E-state index in [1.807, 2.05) is 25.1 Å². The van der Waals surface area contributed by atoms with E-state index in [4.69, 9.17) is 10.5 Å². The fourth-order valence-corrected chi connectivity index (χ4v) is 1.36. The van der Waals surface area contributed by atoms with Crippen molar-refractivity contribution in [2.75, 3.05) is 24.2 Å². The Morgan fingerprint density at radius 2 is 2.25 bits per heavy atom. The van der Waals surface area contributed by atoms with Crippen molar-refractivity contribution in [3.05, 3.63) is 23.8 Å². The number of aryl methyl sites for hydroxylation is 1. The van der Waals surface area contributed by atoms with Crippen LogP contribution in [0.3, 0.4) is 0 Å². The van der Waals surface area contributed by atoms with Gasteiger partial charge in [0, 0.05) is 17.9 Å². The van der Waals surface area contributed by atoms with Crippen molar-refractivity contribution in [1.82, 2.24) is 0 Å². The van der Waals surface area contributed by atoms with Crippen LogP contribution in [0.2, 0.25) is 0 Å². The van der Waals surface area contributed by atoms with Gasteiger partial charge in [-0.15, -0.1) is 0 Å². The summed E-state index contributed by atoms with van der Waals surface area (Å²) in [6.45, 7) is 4.78. The Kier molecular flexibility index (Phi) is 4.64. The van der Waals surface area contributed by atoms with Gasteiger partial charge in [0.25, 0.3) is 0 Å². The number of carbonyl (C=O) groups is 1. The van der Waals surface area contributed by atoms with Crippen LogP contribution in [0.15, 0.2) is 18.2 Å². The summed E-state index contributed by atoms with van der Waals surface area (Å²) in [5, 5.41) is 3.16. The standard InChI is InChI=1S/C12H18N2O2/c1-3-16-12(15)6-7-14-11-8-10(13)5-4-9(11)2/h4-5,8,14H,3,6-7,13H2,1-2H3. The van der Waals surface area contributed by atoms with E-state index >= 15 is 0 Å². The average Bonchev–Trinajstić information content (AvgIpc) is 2.23. The van der Waals surface area contributed by atoms with Crippen molar-refractivity contribution in [2.45, 2.75) is 20.3 Å². The van der Waals surface area contributed by atoms with Gasteiger partial charge in [0.05, 0.1) is 13.0 Å². The molecular formula is C12H18N2O2. The molecule has 0 saturated heterocycles. The average molecular weight is 222 g/mol. The molecule has 0 amide bonds. The van der Waals surface area contributed by atoms with E-state index in [1.54, 1.807) is 6.92 Å². The lowest BCUT2D eigenvalue weighted by molar-refractivity contribution is -0.142. The van der Waals surface area contributed by atoms with Gasteiger partial charge in [-0.3, -0.25) is 4.79 Å². The zero-order valence-corrected chi connectivity index (χ0v) is 9.75. The summed E-state index contributed by atoms with van der Waals surface area (Å²) < 4.78 is 4.83. The van der Waals surface area contributed by atoms with E-state index in [9.17, 15) is 4.79 Å². The highest BCUT2D eigenvalue weighted by Crippen LogP contribution is 2.17. The molecule has 4 heteroatoms. The Morgan fingerprint density at radius 3 is 2.94 bits per heavy atom. The van der Waals surface area contributed by atoms with Crippen LogP contribution in [0.4, 0.5) is 11.4 Å². The van der Waals surface area contributed by atoms with Crippen LogP contribution >= 0.6 is 0 Å². The molecule has 1 aromatic carbocycles. The maximum absolute atomic E-state index is 11.1. The lowest BCUT2D eigenvalue weighted by Gasteiger charge is -2.09. The van der Waals surface area contributed by atoms with Gasteiger partial charge in [-0.1, -0.05) is 6.07 Å². The summed E-state index contributed by atoms with van der Waals surface area (Å²) in [4.78, 5) is 11.1. The minimum absolute atomic E-state index is 0.184. The molecular weight excluding hydrogens is 204 g/mol. The molecule has 0 atom stereocenters. The van der Waals surface area contributed by atoms with Crippen LogP contribution in [0, 0.1) is 6.92 Å². The van der Waals surface area contributed by atoms with Crippen molar-refractivity contribution < 1.29 is 9.53 Å². The van der Waals surface area contributed by atoms with Gasteiger partial charge in [0.1, 0.15) is 0 Å². The SMILES string of the molecule is CCOC(=O)CCNc1cc(N)ccc1C. The Morgan fingerprint density at radius 1 is 1.50 bits per heavy atom. The molecule has 0 bridgehead atoms. The van der Waals surface area contributed by atoms with Gasteiger partial charge in [-0.2, -0.15) is 0 Å². The smallest absolute Gasteiger partial charge is 0.307 e. The third-order valence-corrected chi connectivity index (χ3v) is 2.21. The van der Waals surface area contributed by atoms with Crippen LogP contribution in [-0.4, -0.2) is 19.1 Å². The fourth-order valence-electron chi connectivity index (χ4n) is 1.36. The Balaban J connectivity index is 2.42. The number of anilines is 2. The number of hydrogen-bond acceptors (Lipinski definition) is 4. The van der Waals surface area contributed by atoms with Crippen molar-refractivity contribution in [3.8, 4) is 0 Å².